The van der Waals surface area contributed by atoms with Crippen LogP contribution in [0.2, 0.25) is 0 Å². The Morgan fingerprint density at radius 2 is 2.13 bits per heavy atom. The lowest BCUT2D eigenvalue weighted by Crippen LogP contribution is -2.58. The van der Waals surface area contributed by atoms with Gasteiger partial charge in [-0.15, -0.1) is 0 Å². The lowest BCUT2D eigenvalue weighted by atomic mass is 9.83. The molecule has 90 valence electrons. The summed E-state index contributed by atoms with van der Waals surface area (Å²) in [6.45, 7) is 12.5. The van der Waals surface area contributed by atoms with Crippen molar-refractivity contribution in [1.82, 2.24) is 4.90 Å². The largest absolute Gasteiger partial charge is 0.329 e. The molecule has 1 heterocycles. The summed E-state index contributed by atoms with van der Waals surface area (Å²) in [6.07, 6.45) is 4.07. The Balaban J connectivity index is 2.67. The maximum atomic E-state index is 5.98. The van der Waals surface area contributed by atoms with Crippen molar-refractivity contribution >= 4 is 0 Å². The number of piperidine rings is 1. The van der Waals surface area contributed by atoms with Crippen LogP contribution in [0.1, 0.15) is 47.0 Å². The third kappa shape index (κ3) is 2.73. The maximum absolute atomic E-state index is 5.98. The van der Waals surface area contributed by atoms with Gasteiger partial charge in [0.15, 0.2) is 0 Å². The Kier molecular flexibility index (Phi) is 4.60. The average molecular weight is 212 g/mol. The van der Waals surface area contributed by atoms with Crippen LogP contribution in [-0.4, -0.2) is 30.1 Å². The quantitative estimate of drug-likeness (QED) is 0.776. The molecule has 0 radical (unpaired) electrons. The molecule has 1 aliphatic heterocycles. The summed E-state index contributed by atoms with van der Waals surface area (Å²) >= 11 is 0. The van der Waals surface area contributed by atoms with Gasteiger partial charge < -0.3 is 5.73 Å². The number of nitrogens with two attached hydrogens (primary N) is 1. The zero-order chi connectivity index (χ0) is 11.5. The second-order valence-electron chi connectivity index (χ2n) is 5.58. The van der Waals surface area contributed by atoms with E-state index in [1.807, 2.05) is 0 Å². The fourth-order valence-electron chi connectivity index (χ4n) is 2.59. The first-order valence-corrected chi connectivity index (χ1v) is 6.49. The van der Waals surface area contributed by atoms with Crippen molar-refractivity contribution in [2.24, 2.45) is 17.6 Å². The molecular formula is C13H28N2. The number of hydrogen-bond donors (Lipinski definition) is 1. The second kappa shape index (κ2) is 5.31. The molecule has 15 heavy (non-hydrogen) atoms. The minimum absolute atomic E-state index is 0.202. The topological polar surface area (TPSA) is 29.3 Å². The highest BCUT2D eigenvalue weighted by atomic mass is 15.2. The monoisotopic (exact) mass is 212 g/mol. The van der Waals surface area contributed by atoms with E-state index < -0.39 is 0 Å². The molecule has 0 spiro atoms. The Bertz CT molecular complexity index is 191. The highest BCUT2D eigenvalue weighted by molar-refractivity contribution is 4.92. The van der Waals surface area contributed by atoms with Crippen molar-refractivity contribution in [3.63, 3.8) is 0 Å². The molecule has 0 aromatic heterocycles. The summed E-state index contributed by atoms with van der Waals surface area (Å²) in [5, 5.41) is 0. The molecule has 2 N–H and O–H groups in total. The Morgan fingerprint density at radius 3 is 2.60 bits per heavy atom. The van der Waals surface area contributed by atoms with Crippen molar-refractivity contribution in [3.8, 4) is 0 Å². The van der Waals surface area contributed by atoms with Gasteiger partial charge in [0.05, 0.1) is 0 Å². The summed E-state index contributed by atoms with van der Waals surface area (Å²) in [6, 6.07) is 0. The predicted molar refractivity (Wildman–Crippen MR) is 66.9 cm³/mol. The van der Waals surface area contributed by atoms with Crippen LogP contribution >= 0.6 is 0 Å². The van der Waals surface area contributed by atoms with Crippen molar-refractivity contribution in [1.29, 1.82) is 0 Å². The van der Waals surface area contributed by atoms with Gasteiger partial charge in [-0.3, -0.25) is 4.90 Å². The molecule has 2 unspecified atom stereocenters. The number of nitrogens with zero attached hydrogens (tertiary/aromatic N) is 1. The molecule has 2 atom stereocenters. The normalized spacial score (nSPS) is 28.0. The zero-order valence-electron chi connectivity index (χ0n) is 10.9. The van der Waals surface area contributed by atoms with E-state index in [2.05, 4.69) is 32.6 Å². The van der Waals surface area contributed by atoms with Gasteiger partial charge in [-0.05, 0) is 38.1 Å². The molecule has 2 nitrogen and oxygen atoms in total. The number of rotatable bonds is 4. The standard InChI is InChI=1S/C13H28N2/c1-5-12-7-6-8-15(9-12)13(4,10-14)11(2)3/h11-12H,5-10,14H2,1-4H3. The lowest BCUT2D eigenvalue weighted by molar-refractivity contribution is 0.0269. The van der Waals surface area contributed by atoms with Crippen molar-refractivity contribution < 1.29 is 0 Å². The van der Waals surface area contributed by atoms with E-state index in [0.717, 1.165) is 12.5 Å². The van der Waals surface area contributed by atoms with Gasteiger partial charge in [-0.25, -0.2) is 0 Å². The van der Waals surface area contributed by atoms with Gasteiger partial charge in [-0.1, -0.05) is 27.2 Å². The minimum Gasteiger partial charge on any atom is -0.329 e. The van der Waals surface area contributed by atoms with Crippen LogP contribution in [0.25, 0.3) is 0 Å². The Morgan fingerprint density at radius 1 is 1.47 bits per heavy atom. The number of likely N-dealkylation sites (tertiary alicyclic amines) is 1. The molecule has 2 heteroatoms. The molecule has 0 aliphatic carbocycles. The summed E-state index contributed by atoms with van der Waals surface area (Å²) in [4.78, 5) is 2.63. The fraction of sp³-hybridized carbons (Fsp3) is 1.00. The van der Waals surface area contributed by atoms with E-state index in [0.29, 0.717) is 5.92 Å². The van der Waals surface area contributed by atoms with Gasteiger partial charge >= 0.3 is 0 Å². The van der Waals surface area contributed by atoms with Crippen LogP contribution in [0.4, 0.5) is 0 Å². The van der Waals surface area contributed by atoms with E-state index in [1.165, 1.54) is 32.4 Å². The molecule has 1 saturated heterocycles. The highest BCUT2D eigenvalue weighted by Gasteiger charge is 2.36. The van der Waals surface area contributed by atoms with Gasteiger partial charge in [0.25, 0.3) is 0 Å². The molecular weight excluding hydrogens is 184 g/mol. The molecule has 1 rings (SSSR count). The van der Waals surface area contributed by atoms with E-state index >= 15 is 0 Å². The van der Waals surface area contributed by atoms with Crippen LogP contribution in [-0.2, 0) is 0 Å². The molecule has 0 aromatic rings. The first kappa shape index (κ1) is 13.0. The third-order valence-corrected chi connectivity index (χ3v) is 4.48. The molecule has 0 amide bonds. The van der Waals surface area contributed by atoms with Crippen LogP contribution in [0.5, 0.6) is 0 Å². The van der Waals surface area contributed by atoms with Crippen molar-refractivity contribution in [2.45, 2.75) is 52.5 Å². The maximum Gasteiger partial charge on any atom is 0.0326 e. The summed E-state index contributed by atoms with van der Waals surface area (Å²) in [7, 11) is 0. The second-order valence-corrected chi connectivity index (χ2v) is 5.58. The first-order chi connectivity index (χ1) is 7.04. The summed E-state index contributed by atoms with van der Waals surface area (Å²) < 4.78 is 0. The fourth-order valence-corrected chi connectivity index (χ4v) is 2.59. The van der Waals surface area contributed by atoms with Crippen LogP contribution in [0.15, 0.2) is 0 Å². The predicted octanol–water partition coefficient (Wildman–Crippen LogP) is 2.48. The average Bonchev–Trinajstić information content (AvgIpc) is 2.27. The molecule has 0 saturated carbocycles. The SMILES string of the molecule is CCC1CCCN(C(C)(CN)C(C)C)C1. The highest BCUT2D eigenvalue weighted by Crippen LogP contribution is 2.30. The van der Waals surface area contributed by atoms with Crippen molar-refractivity contribution in [2.75, 3.05) is 19.6 Å². The summed E-state index contributed by atoms with van der Waals surface area (Å²) in [5.74, 6) is 1.53. The molecule has 0 bridgehead atoms. The lowest BCUT2D eigenvalue weighted by Gasteiger charge is -2.47. The molecule has 1 aliphatic rings. The van der Waals surface area contributed by atoms with Gasteiger partial charge in [0.1, 0.15) is 0 Å². The van der Waals surface area contributed by atoms with E-state index in [-0.39, 0.29) is 5.54 Å². The number of hydrogen-bond acceptors (Lipinski definition) is 2. The molecule has 0 aromatic carbocycles. The van der Waals surface area contributed by atoms with Crippen LogP contribution in [0.3, 0.4) is 0 Å². The van der Waals surface area contributed by atoms with Crippen LogP contribution < -0.4 is 5.73 Å². The van der Waals surface area contributed by atoms with Crippen LogP contribution in [0, 0.1) is 11.8 Å². The Hall–Kier alpha value is -0.0800. The van der Waals surface area contributed by atoms with E-state index in [1.54, 1.807) is 0 Å². The van der Waals surface area contributed by atoms with Gasteiger partial charge in [0, 0.05) is 18.6 Å². The van der Waals surface area contributed by atoms with Crippen molar-refractivity contribution in [3.05, 3.63) is 0 Å². The smallest absolute Gasteiger partial charge is 0.0326 e. The van der Waals surface area contributed by atoms with E-state index in [4.69, 9.17) is 5.73 Å². The Labute approximate surface area is 95.2 Å². The minimum atomic E-state index is 0.202. The zero-order valence-corrected chi connectivity index (χ0v) is 10.9. The van der Waals surface area contributed by atoms with E-state index in [9.17, 15) is 0 Å². The molecule has 1 fully saturated rings. The third-order valence-electron chi connectivity index (χ3n) is 4.48. The summed E-state index contributed by atoms with van der Waals surface area (Å²) in [5.41, 5.74) is 6.19. The first-order valence-electron chi connectivity index (χ1n) is 6.49. The van der Waals surface area contributed by atoms with Gasteiger partial charge in [-0.2, -0.15) is 0 Å². The van der Waals surface area contributed by atoms with Gasteiger partial charge in [0.2, 0.25) is 0 Å².